The van der Waals surface area contributed by atoms with Gasteiger partial charge in [-0.05, 0) is 72.6 Å². The molecule has 3 aliphatic carbocycles. The molecule has 2 aromatic rings. The highest BCUT2D eigenvalue weighted by molar-refractivity contribution is 6.48. The van der Waals surface area contributed by atoms with Crippen LogP contribution in [0.5, 0.6) is 5.75 Å². The van der Waals surface area contributed by atoms with Crippen molar-refractivity contribution in [2.75, 3.05) is 7.11 Å². The molecule has 1 aliphatic heterocycles. The standard InChI is InChI=1S/C33H45BN2O5/c1-21(2)15-29(34-40-28-20-24-19-27(32(24,3)4)33(28,5)41-34)36-31(38)26(17-22-11-8-7-9-12-22)35-30(37)18-23-13-10-14-25(16-23)39-6/h7-14,16,21,24,26-29H,15,17-20H2,1-6H3,(H,35,37)(H,36,38)/t24-,26+,27-,28-,29+,33+/m1/s1. The van der Waals surface area contributed by atoms with Crippen molar-refractivity contribution in [2.45, 2.75) is 90.4 Å². The second kappa shape index (κ2) is 11.8. The first-order chi connectivity index (χ1) is 19.5. The lowest BCUT2D eigenvalue weighted by molar-refractivity contribution is -0.199. The van der Waals surface area contributed by atoms with Crippen LogP contribution in [0.4, 0.5) is 0 Å². The number of ether oxygens (including phenoxy) is 1. The monoisotopic (exact) mass is 560 g/mol. The molecular formula is C33H45BN2O5. The summed E-state index contributed by atoms with van der Waals surface area (Å²) >= 11 is 0. The fraction of sp³-hybridized carbons (Fsp3) is 0.576. The fourth-order valence-corrected chi connectivity index (χ4v) is 7.37. The Balaban J connectivity index is 1.31. The van der Waals surface area contributed by atoms with Gasteiger partial charge < -0.3 is 24.7 Å². The summed E-state index contributed by atoms with van der Waals surface area (Å²) in [5.41, 5.74) is 1.69. The molecule has 4 fully saturated rings. The topological polar surface area (TPSA) is 85.9 Å². The summed E-state index contributed by atoms with van der Waals surface area (Å²) in [5, 5.41) is 6.26. The van der Waals surface area contributed by atoms with Crippen LogP contribution in [-0.2, 0) is 31.7 Å². The average Bonchev–Trinajstić information content (AvgIpc) is 3.30. The van der Waals surface area contributed by atoms with Gasteiger partial charge >= 0.3 is 7.12 Å². The third kappa shape index (κ3) is 6.19. The Kier molecular flexibility index (Phi) is 8.54. The number of hydrogen-bond donors (Lipinski definition) is 2. The molecule has 8 heteroatoms. The maximum Gasteiger partial charge on any atom is 0.481 e. The molecule has 0 unspecified atom stereocenters. The summed E-state index contributed by atoms with van der Waals surface area (Å²) in [4.78, 5) is 27.1. The van der Waals surface area contributed by atoms with Gasteiger partial charge in [0, 0.05) is 6.42 Å². The van der Waals surface area contributed by atoms with E-state index in [0.717, 1.165) is 17.5 Å². The maximum absolute atomic E-state index is 13.9. The van der Waals surface area contributed by atoms with E-state index < -0.39 is 13.2 Å². The van der Waals surface area contributed by atoms with Crippen LogP contribution in [0.2, 0.25) is 0 Å². The number of amides is 2. The number of nitrogens with one attached hydrogen (secondary N) is 2. The molecule has 220 valence electrons. The number of methoxy groups -OCH3 is 1. The van der Waals surface area contributed by atoms with E-state index in [4.69, 9.17) is 14.0 Å². The van der Waals surface area contributed by atoms with Gasteiger partial charge in [0.1, 0.15) is 11.8 Å². The molecule has 2 aromatic carbocycles. The van der Waals surface area contributed by atoms with Crippen LogP contribution in [-0.4, -0.2) is 49.7 Å². The van der Waals surface area contributed by atoms with Crippen LogP contribution in [0.3, 0.4) is 0 Å². The van der Waals surface area contributed by atoms with E-state index in [-0.39, 0.29) is 41.3 Å². The van der Waals surface area contributed by atoms with Crippen LogP contribution < -0.4 is 15.4 Å². The van der Waals surface area contributed by atoms with Crippen molar-refractivity contribution in [1.29, 1.82) is 0 Å². The third-order valence-corrected chi connectivity index (χ3v) is 9.78. The smallest absolute Gasteiger partial charge is 0.481 e. The Hall–Kier alpha value is -2.84. The lowest BCUT2D eigenvalue weighted by atomic mass is 9.43. The molecule has 2 amide bonds. The number of rotatable bonds is 11. The molecule has 1 saturated heterocycles. The molecule has 6 rings (SSSR count). The molecule has 3 saturated carbocycles. The molecule has 2 N–H and O–H groups in total. The van der Waals surface area contributed by atoms with E-state index in [2.05, 4.69) is 45.3 Å². The predicted molar refractivity (Wildman–Crippen MR) is 160 cm³/mol. The van der Waals surface area contributed by atoms with Crippen molar-refractivity contribution in [3.63, 3.8) is 0 Å². The fourth-order valence-electron chi connectivity index (χ4n) is 7.37. The highest BCUT2D eigenvalue weighted by Gasteiger charge is 2.68. The van der Waals surface area contributed by atoms with Crippen LogP contribution in [0.1, 0.15) is 65.0 Å². The number of carbonyl (C=O) groups is 2. The zero-order valence-electron chi connectivity index (χ0n) is 25.3. The van der Waals surface area contributed by atoms with Crippen LogP contribution in [0.15, 0.2) is 54.6 Å². The Labute approximate surface area is 245 Å². The Morgan fingerprint density at radius 3 is 2.44 bits per heavy atom. The van der Waals surface area contributed by atoms with Crippen molar-refractivity contribution in [3.8, 4) is 5.75 Å². The molecule has 2 bridgehead atoms. The van der Waals surface area contributed by atoms with E-state index in [1.165, 1.54) is 6.42 Å². The number of benzene rings is 2. The van der Waals surface area contributed by atoms with Gasteiger partial charge in [-0.25, -0.2) is 0 Å². The van der Waals surface area contributed by atoms with Crippen molar-refractivity contribution < 1.29 is 23.6 Å². The van der Waals surface area contributed by atoms with Crippen molar-refractivity contribution >= 4 is 18.9 Å². The molecular weight excluding hydrogens is 515 g/mol. The molecule has 0 radical (unpaired) electrons. The van der Waals surface area contributed by atoms with Crippen LogP contribution in [0, 0.1) is 23.2 Å². The summed E-state index contributed by atoms with van der Waals surface area (Å²) in [6.45, 7) is 11.2. The highest BCUT2D eigenvalue weighted by atomic mass is 16.7. The van der Waals surface area contributed by atoms with E-state index in [9.17, 15) is 9.59 Å². The lowest BCUT2D eigenvalue weighted by Crippen LogP contribution is -2.65. The Morgan fingerprint density at radius 1 is 1.02 bits per heavy atom. The first kappa shape index (κ1) is 29.7. The van der Waals surface area contributed by atoms with E-state index in [1.807, 2.05) is 54.6 Å². The van der Waals surface area contributed by atoms with Crippen LogP contribution in [0.25, 0.3) is 0 Å². The molecule has 6 atom stereocenters. The van der Waals surface area contributed by atoms with Gasteiger partial charge in [-0.15, -0.1) is 0 Å². The summed E-state index contributed by atoms with van der Waals surface area (Å²) in [5.74, 6) is 1.35. The van der Waals surface area contributed by atoms with E-state index in [0.29, 0.717) is 36.3 Å². The summed E-state index contributed by atoms with van der Waals surface area (Å²) in [7, 11) is 1.08. The maximum atomic E-state index is 13.9. The van der Waals surface area contributed by atoms with E-state index >= 15 is 0 Å². The molecule has 7 nitrogen and oxygen atoms in total. The first-order valence-corrected chi connectivity index (χ1v) is 15.1. The van der Waals surface area contributed by atoms with Crippen molar-refractivity contribution in [3.05, 3.63) is 65.7 Å². The van der Waals surface area contributed by atoms with Gasteiger partial charge in [-0.3, -0.25) is 9.59 Å². The lowest BCUT2D eigenvalue weighted by Gasteiger charge is -2.64. The molecule has 41 heavy (non-hydrogen) atoms. The Bertz CT molecular complexity index is 1240. The summed E-state index contributed by atoms with van der Waals surface area (Å²) in [6, 6.07) is 16.5. The largest absolute Gasteiger partial charge is 0.497 e. The molecule has 4 aliphatic rings. The number of carbonyl (C=O) groups excluding carboxylic acids is 2. The molecule has 0 aromatic heterocycles. The van der Waals surface area contributed by atoms with Gasteiger partial charge in [0.25, 0.3) is 0 Å². The molecule has 0 spiro atoms. The first-order valence-electron chi connectivity index (χ1n) is 15.1. The zero-order chi connectivity index (χ0) is 29.4. The van der Waals surface area contributed by atoms with Gasteiger partial charge in [0.15, 0.2) is 0 Å². The minimum atomic E-state index is -0.740. The van der Waals surface area contributed by atoms with E-state index in [1.54, 1.807) is 7.11 Å². The quantitative estimate of drug-likeness (QED) is 0.387. The van der Waals surface area contributed by atoms with Crippen molar-refractivity contribution in [1.82, 2.24) is 10.6 Å². The zero-order valence-corrected chi connectivity index (χ0v) is 25.3. The number of hydrogen-bond acceptors (Lipinski definition) is 5. The van der Waals surface area contributed by atoms with Gasteiger partial charge in [0.2, 0.25) is 11.8 Å². The SMILES string of the molecule is COc1cccc(CC(=O)N[C@@H](Cc2ccccc2)C(=O)N[C@@H](CC(C)C)B2O[C@@H]3C[C@H]4C[C@H](C4(C)C)[C@]3(C)O2)c1. The summed E-state index contributed by atoms with van der Waals surface area (Å²) < 4.78 is 18.6. The normalized spacial score (nSPS) is 27.4. The van der Waals surface area contributed by atoms with Crippen LogP contribution >= 0.6 is 0 Å². The highest BCUT2D eigenvalue weighted by Crippen LogP contribution is 2.65. The van der Waals surface area contributed by atoms with Crippen molar-refractivity contribution in [2.24, 2.45) is 23.2 Å². The van der Waals surface area contributed by atoms with Gasteiger partial charge in [-0.1, -0.05) is 70.2 Å². The second-order valence-electron chi connectivity index (χ2n) is 13.4. The van der Waals surface area contributed by atoms with Gasteiger partial charge in [0.05, 0.1) is 31.2 Å². The minimum Gasteiger partial charge on any atom is -0.497 e. The predicted octanol–water partition coefficient (Wildman–Crippen LogP) is 4.76. The van der Waals surface area contributed by atoms with Gasteiger partial charge in [-0.2, -0.15) is 0 Å². The third-order valence-electron chi connectivity index (χ3n) is 9.78. The average molecular weight is 561 g/mol. The summed E-state index contributed by atoms with van der Waals surface area (Å²) in [6.07, 6.45) is 3.46. The molecule has 1 heterocycles. The second-order valence-corrected chi connectivity index (χ2v) is 13.4. The Morgan fingerprint density at radius 2 is 1.76 bits per heavy atom. The minimum absolute atomic E-state index is 0.0403.